The Labute approximate surface area is 192 Å². The van der Waals surface area contributed by atoms with Crippen LogP contribution in [0.25, 0.3) is 0 Å². The van der Waals surface area contributed by atoms with E-state index in [1.807, 2.05) is 13.8 Å². The van der Waals surface area contributed by atoms with Crippen molar-refractivity contribution in [3.8, 4) is 0 Å². The molecular weight excluding hydrogens is 415 g/mol. The van der Waals surface area contributed by atoms with Crippen molar-refractivity contribution < 1.29 is 19.3 Å². The summed E-state index contributed by atoms with van der Waals surface area (Å²) in [4.78, 5) is 9.93. The molecule has 0 saturated heterocycles. The maximum absolute atomic E-state index is 9.93. The molecule has 0 fully saturated rings. The predicted molar refractivity (Wildman–Crippen MR) is 132 cm³/mol. The lowest BCUT2D eigenvalue weighted by Crippen LogP contribution is -2.25. The van der Waals surface area contributed by atoms with Crippen LogP contribution in [0.15, 0.2) is 0 Å². The largest absolute Gasteiger partial charge is 0.396 e. The Morgan fingerprint density at radius 3 is 1.45 bits per heavy atom. The van der Waals surface area contributed by atoms with Crippen LogP contribution in [-0.4, -0.2) is 88.0 Å². The lowest BCUT2D eigenvalue weighted by atomic mass is 10.3. The highest BCUT2D eigenvalue weighted by atomic mass is 31.2. The van der Waals surface area contributed by atoms with E-state index >= 15 is 0 Å². The van der Waals surface area contributed by atoms with Crippen LogP contribution in [0.4, 0.5) is 0 Å². The molecule has 0 aliphatic heterocycles. The number of aliphatic hydroxyl groups is 1. The van der Waals surface area contributed by atoms with Gasteiger partial charge in [0.05, 0.1) is 6.61 Å². The Kier molecular flexibility index (Phi) is 23.4. The molecule has 1 atom stereocenters. The van der Waals surface area contributed by atoms with Gasteiger partial charge in [-0.3, -0.25) is 0 Å². The van der Waals surface area contributed by atoms with E-state index in [9.17, 15) is 4.89 Å². The molecule has 0 aromatic heterocycles. The molecule has 8 nitrogen and oxygen atoms in total. The van der Waals surface area contributed by atoms with Gasteiger partial charge in [-0.05, 0) is 118 Å². The fourth-order valence-electron chi connectivity index (χ4n) is 2.78. The van der Waals surface area contributed by atoms with Gasteiger partial charge < -0.3 is 40.5 Å². The third kappa shape index (κ3) is 21.7. The normalized spacial score (nSPS) is 13.1. The number of unbranched alkanes of at least 4 members (excludes halogenated alkanes) is 3. The number of aliphatic hydroxyl groups excluding tert-OH is 1. The molecule has 9 heteroatoms. The Balaban J connectivity index is 3.13. The first-order valence-corrected chi connectivity index (χ1v) is 13.4. The van der Waals surface area contributed by atoms with Crippen LogP contribution in [0.1, 0.15) is 65.2 Å². The third-order valence-corrected chi connectivity index (χ3v) is 6.59. The first-order chi connectivity index (χ1) is 15.0. The Morgan fingerprint density at radius 2 is 1.03 bits per heavy atom. The molecule has 0 aliphatic rings. The molecule has 0 bridgehead atoms. The highest BCUT2D eigenvalue weighted by Crippen LogP contribution is 2.46. The third-order valence-electron chi connectivity index (χ3n) is 5.05. The molecule has 0 amide bonds. The smallest absolute Gasteiger partial charge is 0.201 e. The molecule has 0 saturated carbocycles. The number of nitrogens with one attached hydrogen (secondary N) is 4. The molecule has 188 valence electrons. The van der Waals surface area contributed by atoms with Crippen molar-refractivity contribution in [1.29, 1.82) is 0 Å². The van der Waals surface area contributed by atoms with Crippen LogP contribution in [0.5, 0.6) is 0 Å². The summed E-state index contributed by atoms with van der Waals surface area (Å²) in [5.74, 6) is 0. The van der Waals surface area contributed by atoms with Crippen molar-refractivity contribution in [3.05, 3.63) is 0 Å². The number of rotatable bonds is 25. The summed E-state index contributed by atoms with van der Waals surface area (Å²) in [7, 11) is 0.0590. The van der Waals surface area contributed by atoms with Gasteiger partial charge >= 0.3 is 0 Å². The first-order valence-electron chi connectivity index (χ1n) is 12.2. The van der Waals surface area contributed by atoms with Crippen LogP contribution in [-0.2, 0) is 9.26 Å². The van der Waals surface area contributed by atoms with Gasteiger partial charge in [0.25, 0.3) is 0 Å². The van der Waals surface area contributed by atoms with E-state index in [0.717, 1.165) is 90.9 Å². The van der Waals surface area contributed by atoms with E-state index in [2.05, 4.69) is 21.3 Å². The summed E-state index contributed by atoms with van der Waals surface area (Å²) >= 11 is 0. The van der Waals surface area contributed by atoms with Crippen molar-refractivity contribution in [2.24, 2.45) is 0 Å². The average Bonchev–Trinajstić information content (AvgIpc) is 2.77. The van der Waals surface area contributed by atoms with E-state index in [0.29, 0.717) is 13.2 Å². The van der Waals surface area contributed by atoms with Crippen LogP contribution >= 0.6 is 8.38 Å². The molecule has 0 aromatic rings. The maximum atomic E-state index is 9.93. The molecule has 0 heterocycles. The summed E-state index contributed by atoms with van der Waals surface area (Å²) < 4.78 is 10.7. The van der Waals surface area contributed by atoms with Crippen LogP contribution in [0.2, 0.25) is 0 Å². The summed E-state index contributed by atoms with van der Waals surface area (Å²) in [6.45, 7) is 13.0. The highest BCUT2D eigenvalue weighted by molar-refractivity contribution is 7.47. The zero-order valence-corrected chi connectivity index (χ0v) is 21.3. The number of hydrogen-bond donors (Lipinski definition) is 6. The second-order valence-corrected chi connectivity index (χ2v) is 10.2. The fourth-order valence-corrected chi connectivity index (χ4v) is 3.54. The average molecular weight is 467 g/mol. The van der Waals surface area contributed by atoms with E-state index in [-0.39, 0.29) is 0 Å². The fraction of sp³-hybridized carbons (Fsp3) is 1.00. The van der Waals surface area contributed by atoms with Crippen molar-refractivity contribution in [3.63, 3.8) is 0 Å². The molecular formula is C22H51N4O4P. The Hall–Kier alpha value is 0.110. The minimum Gasteiger partial charge on any atom is -0.396 e. The van der Waals surface area contributed by atoms with Gasteiger partial charge in [0.15, 0.2) is 0 Å². The summed E-state index contributed by atoms with van der Waals surface area (Å²) in [6.07, 6.45) is 8.69. The minimum absolute atomic E-state index is 0.300. The topological polar surface area (TPSA) is 107 Å². The van der Waals surface area contributed by atoms with Crippen molar-refractivity contribution in [1.82, 2.24) is 21.3 Å². The van der Waals surface area contributed by atoms with Gasteiger partial charge in [0.2, 0.25) is 8.38 Å². The molecule has 0 radical (unpaired) electrons. The monoisotopic (exact) mass is 466 g/mol. The standard InChI is InChI=1S/C22H51N4O4P/c1-22(2,29-3)31(28)30-21-9-7-15-26-19-11-17-24-13-5-4-12-23-16-10-18-25-14-6-8-20-27/h23-28H,4-21H2,1-3H3. The molecule has 1 unspecified atom stereocenters. The number of ether oxygens (including phenoxy) is 1. The first kappa shape index (κ1) is 31.1. The molecule has 31 heavy (non-hydrogen) atoms. The van der Waals surface area contributed by atoms with Crippen molar-refractivity contribution >= 4 is 8.38 Å². The SMILES string of the molecule is COC(C)(C)P(O)OCCCCNCCCNCCCCNCCCNCCCCO. The molecule has 0 aliphatic carbocycles. The van der Waals surface area contributed by atoms with Gasteiger partial charge in [-0.1, -0.05) is 0 Å². The summed E-state index contributed by atoms with van der Waals surface area (Å²) in [5.41, 5.74) is 0. The zero-order valence-electron chi connectivity index (χ0n) is 20.4. The minimum atomic E-state index is -1.53. The predicted octanol–water partition coefficient (Wildman–Crippen LogP) is 2.16. The van der Waals surface area contributed by atoms with Gasteiger partial charge in [-0.25, -0.2) is 0 Å². The van der Waals surface area contributed by atoms with E-state index in [4.69, 9.17) is 14.4 Å². The zero-order chi connectivity index (χ0) is 23.0. The quantitative estimate of drug-likeness (QED) is 0.0898. The van der Waals surface area contributed by atoms with Crippen LogP contribution in [0.3, 0.4) is 0 Å². The molecule has 0 aromatic carbocycles. The second kappa shape index (κ2) is 23.3. The van der Waals surface area contributed by atoms with Gasteiger partial charge in [-0.15, -0.1) is 0 Å². The highest BCUT2D eigenvalue weighted by Gasteiger charge is 2.29. The van der Waals surface area contributed by atoms with E-state index < -0.39 is 13.7 Å². The lowest BCUT2D eigenvalue weighted by molar-refractivity contribution is 0.0735. The lowest BCUT2D eigenvalue weighted by Gasteiger charge is -2.27. The van der Waals surface area contributed by atoms with Gasteiger partial charge in [0.1, 0.15) is 5.34 Å². The van der Waals surface area contributed by atoms with Crippen LogP contribution < -0.4 is 21.3 Å². The van der Waals surface area contributed by atoms with Gasteiger partial charge in [-0.2, -0.15) is 0 Å². The number of hydrogen-bond acceptors (Lipinski definition) is 8. The molecule has 0 spiro atoms. The maximum Gasteiger partial charge on any atom is 0.201 e. The second-order valence-electron chi connectivity index (χ2n) is 8.31. The Morgan fingerprint density at radius 1 is 0.645 bits per heavy atom. The molecule has 6 N–H and O–H groups in total. The summed E-state index contributed by atoms with van der Waals surface area (Å²) in [6, 6.07) is 0. The van der Waals surface area contributed by atoms with Gasteiger partial charge in [0, 0.05) is 13.7 Å². The number of methoxy groups -OCH3 is 1. The van der Waals surface area contributed by atoms with Crippen molar-refractivity contribution in [2.45, 2.75) is 70.6 Å². The van der Waals surface area contributed by atoms with Crippen LogP contribution in [0, 0.1) is 0 Å². The van der Waals surface area contributed by atoms with Crippen molar-refractivity contribution in [2.75, 3.05) is 72.7 Å². The Bertz CT molecular complexity index is 368. The summed E-state index contributed by atoms with van der Waals surface area (Å²) in [5, 5.41) is 22.0. The van der Waals surface area contributed by atoms with E-state index in [1.165, 1.54) is 12.8 Å². The van der Waals surface area contributed by atoms with E-state index in [1.54, 1.807) is 7.11 Å². The molecule has 0 rings (SSSR count).